The average Bonchev–Trinajstić information content (AvgIpc) is 2.27. The summed E-state index contributed by atoms with van der Waals surface area (Å²) >= 11 is 1.72. The summed E-state index contributed by atoms with van der Waals surface area (Å²) in [5.74, 6) is 0.880. The molecule has 0 N–H and O–H groups in total. The van der Waals surface area contributed by atoms with Crippen LogP contribution in [-0.4, -0.2) is 18.3 Å². The molecule has 1 aromatic heterocycles. The van der Waals surface area contributed by atoms with E-state index >= 15 is 0 Å². The van der Waals surface area contributed by atoms with Crippen molar-refractivity contribution in [2.45, 2.75) is 4.90 Å². The van der Waals surface area contributed by atoms with Crippen LogP contribution in [0.3, 0.4) is 0 Å². The van der Waals surface area contributed by atoms with E-state index in [0.29, 0.717) is 0 Å². The number of fused-ring (bicyclic) bond motifs is 1. The zero-order chi connectivity index (χ0) is 9.97. The van der Waals surface area contributed by atoms with E-state index in [1.165, 1.54) is 4.90 Å². The molecule has 1 heterocycles. The fourth-order valence-electron chi connectivity index (χ4n) is 1.41. The normalized spacial score (nSPS) is 10.4. The van der Waals surface area contributed by atoms with Crippen LogP contribution in [0.1, 0.15) is 0 Å². The largest absolute Gasteiger partial charge is 0.496 e. The van der Waals surface area contributed by atoms with Crippen LogP contribution >= 0.6 is 11.8 Å². The summed E-state index contributed by atoms with van der Waals surface area (Å²) < 4.78 is 5.28. The summed E-state index contributed by atoms with van der Waals surface area (Å²) in [5.41, 5.74) is 0.974. The second kappa shape index (κ2) is 3.88. The van der Waals surface area contributed by atoms with Gasteiger partial charge in [0.05, 0.1) is 12.6 Å². The fourth-order valence-corrected chi connectivity index (χ4v) is 1.84. The van der Waals surface area contributed by atoms with Crippen molar-refractivity contribution >= 4 is 22.7 Å². The van der Waals surface area contributed by atoms with Gasteiger partial charge >= 0.3 is 0 Å². The van der Waals surface area contributed by atoms with E-state index in [1.807, 2.05) is 12.1 Å². The molecule has 0 spiro atoms. The lowest BCUT2D eigenvalue weighted by Crippen LogP contribution is -1.86. The molecule has 0 amide bonds. The van der Waals surface area contributed by atoms with E-state index in [-0.39, 0.29) is 0 Å². The number of benzene rings is 1. The predicted octanol–water partition coefficient (Wildman–Crippen LogP) is 2.97. The van der Waals surface area contributed by atoms with Gasteiger partial charge in [-0.25, -0.2) is 0 Å². The number of nitrogens with zero attached hydrogens (tertiary/aromatic N) is 1. The van der Waals surface area contributed by atoms with E-state index in [2.05, 4.69) is 23.4 Å². The highest BCUT2D eigenvalue weighted by atomic mass is 32.2. The van der Waals surface area contributed by atoms with Crippen molar-refractivity contribution in [1.82, 2.24) is 4.98 Å². The molecule has 0 aliphatic rings. The Bertz CT molecular complexity index is 456. The first-order valence-corrected chi connectivity index (χ1v) is 5.54. The number of methoxy groups -OCH3 is 1. The van der Waals surface area contributed by atoms with Gasteiger partial charge in [0.25, 0.3) is 0 Å². The molecule has 72 valence electrons. The first-order chi connectivity index (χ1) is 6.85. The molecule has 2 aromatic rings. The number of pyridine rings is 1. The number of ether oxygens (including phenoxy) is 1. The van der Waals surface area contributed by atoms with Crippen LogP contribution in [0.15, 0.2) is 35.4 Å². The SMILES string of the molecule is COc1ccnc2ccc(SC)cc12. The molecule has 3 heteroatoms. The van der Waals surface area contributed by atoms with Crippen molar-refractivity contribution in [1.29, 1.82) is 0 Å². The highest BCUT2D eigenvalue weighted by molar-refractivity contribution is 7.98. The third-order valence-electron chi connectivity index (χ3n) is 2.13. The number of hydrogen-bond donors (Lipinski definition) is 0. The van der Waals surface area contributed by atoms with Crippen LogP contribution in [0.4, 0.5) is 0 Å². The van der Waals surface area contributed by atoms with Crippen molar-refractivity contribution < 1.29 is 4.74 Å². The highest BCUT2D eigenvalue weighted by Gasteiger charge is 2.02. The fraction of sp³-hybridized carbons (Fsp3) is 0.182. The molecule has 1 aromatic carbocycles. The van der Waals surface area contributed by atoms with Gasteiger partial charge in [0.1, 0.15) is 5.75 Å². The zero-order valence-electron chi connectivity index (χ0n) is 8.15. The number of rotatable bonds is 2. The second-order valence-corrected chi connectivity index (χ2v) is 3.78. The molecule has 2 rings (SSSR count). The van der Waals surface area contributed by atoms with E-state index in [1.54, 1.807) is 25.1 Å². The van der Waals surface area contributed by atoms with E-state index in [9.17, 15) is 0 Å². The average molecular weight is 205 g/mol. The molecule has 0 radical (unpaired) electrons. The highest BCUT2D eigenvalue weighted by Crippen LogP contribution is 2.27. The van der Waals surface area contributed by atoms with Crippen LogP contribution < -0.4 is 4.74 Å². The van der Waals surface area contributed by atoms with Crippen molar-refractivity contribution in [2.75, 3.05) is 13.4 Å². The molecule has 0 aliphatic heterocycles. The summed E-state index contributed by atoms with van der Waals surface area (Å²) in [6.07, 6.45) is 3.82. The molecule has 2 nitrogen and oxygen atoms in total. The number of aromatic nitrogens is 1. The van der Waals surface area contributed by atoms with E-state index in [4.69, 9.17) is 4.74 Å². The molecule has 0 saturated carbocycles. The monoisotopic (exact) mass is 205 g/mol. The van der Waals surface area contributed by atoms with Gasteiger partial charge in [-0.3, -0.25) is 4.98 Å². The zero-order valence-corrected chi connectivity index (χ0v) is 8.97. The molecule has 14 heavy (non-hydrogen) atoms. The molecular formula is C11H11NOS. The summed E-state index contributed by atoms with van der Waals surface area (Å²) in [6.45, 7) is 0. The number of hydrogen-bond acceptors (Lipinski definition) is 3. The smallest absolute Gasteiger partial charge is 0.129 e. The summed E-state index contributed by atoms with van der Waals surface area (Å²) in [4.78, 5) is 5.50. The van der Waals surface area contributed by atoms with Crippen LogP contribution in [0.25, 0.3) is 10.9 Å². The Morgan fingerprint density at radius 2 is 2.14 bits per heavy atom. The molecular weight excluding hydrogens is 194 g/mol. The second-order valence-electron chi connectivity index (χ2n) is 2.90. The van der Waals surface area contributed by atoms with Gasteiger partial charge in [-0.2, -0.15) is 0 Å². The van der Waals surface area contributed by atoms with Gasteiger partial charge in [-0.05, 0) is 30.5 Å². The maximum atomic E-state index is 5.28. The summed E-state index contributed by atoms with van der Waals surface area (Å²) in [6, 6.07) is 8.07. The number of thioether (sulfide) groups is 1. The van der Waals surface area contributed by atoms with Gasteiger partial charge < -0.3 is 4.74 Å². The van der Waals surface area contributed by atoms with Gasteiger partial charge in [0, 0.05) is 16.5 Å². The van der Waals surface area contributed by atoms with E-state index < -0.39 is 0 Å². The van der Waals surface area contributed by atoms with Crippen molar-refractivity contribution in [3.63, 3.8) is 0 Å². The van der Waals surface area contributed by atoms with Crippen molar-refractivity contribution in [2.24, 2.45) is 0 Å². The Hall–Kier alpha value is -1.22. The molecule has 0 aliphatic carbocycles. The van der Waals surface area contributed by atoms with Crippen LogP contribution in [0, 0.1) is 0 Å². The Morgan fingerprint density at radius 1 is 1.29 bits per heavy atom. The van der Waals surface area contributed by atoms with Crippen LogP contribution in [0.2, 0.25) is 0 Å². The maximum absolute atomic E-state index is 5.28. The van der Waals surface area contributed by atoms with Crippen molar-refractivity contribution in [3.8, 4) is 5.75 Å². The third kappa shape index (κ3) is 1.55. The van der Waals surface area contributed by atoms with Gasteiger partial charge in [-0.1, -0.05) is 0 Å². The Morgan fingerprint density at radius 3 is 2.86 bits per heavy atom. The Kier molecular flexibility index (Phi) is 2.59. The first-order valence-electron chi connectivity index (χ1n) is 4.32. The summed E-state index contributed by atoms with van der Waals surface area (Å²) in [5, 5.41) is 1.07. The topological polar surface area (TPSA) is 22.1 Å². The quantitative estimate of drug-likeness (QED) is 0.704. The molecule has 0 bridgehead atoms. The van der Waals surface area contributed by atoms with Crippen LogP contribution in [-0.2, 0) is 0 Å². The minimum Gasteiger partial charge on any atom is -0.496 e. The van der Waals surface area contributed by atoms with Crippen molar-refractivity contribution in [3.05, 3.63) is 30.5 Å². The summed E-state index contributed by atoms with van der Waals surface area (Å²) in [7, 11) is 1.68. The maximum Gasteiger partial charge on any atom is 0.129 e. The van der Waals surface area contributed by atoms with Gasteiger partial charge in [-0.15, -0.1) is 11.8 Å². The minimum absolute atomic E-state index is 0.880. The molecule has 0 saturated heterocycles. The standard InChI is InChI=1S/C11H11NOS/c1-13-11-5-6-12-10-4-3-8(14-2)7-9(10)11/h3-7H,1-2H3. The Balaban J connectivity index is 2.70. The first kappa shape index (κ1) is 9.34. The molecule has 0 unspecified atom stereocenters. The molecule has 0 atom stereocenters. The third-order valence-corrected chi connectivity index (χ3v) is 2.85. The Labute approximate surface area is 87.3 Å². The lowest BCUT2D eigenvalue weighted by molar-refractivity contribution is 0.419. The molecule has 0 fully saturated rings. The van der Waals surface area contributed by atoms with E-state index in [0.717, 1.165) is 16.7 Å². The lowest BCUT2D eigenvalue weighted by atomic mass is 10.2. The van der Waals surface area contributed by atoms with Crippen LogP contribution in [0.5, 0.6) is 5.75 Å². The van der Waals surface area contributed by atoms with Gasteiger partial charge in [0.15, 0.2) is 0 Å². The minimum atomic E-state index is 0.880. The lowest BCUT2D eigenvalue weighted by Gasteiger charge is -2.05. The van der Waals surface area contributed by atoms with Gasteiger partial charge in [0.2, 0.25) is 0 Å². The predicted molar refractivity (Wildman–Crippen MR) is 60.1 cm³/mol.